The van der Waals surface area contributed by atoms with Gasteiger partial charge in [0, 0.05) is 31.3 Å². The number of carbonyl (C=O) groups is 2. The Balaban J connectivity index is 1.26. The Bertz CT molecular complexity index is 1270. The fraction of sp³-hybridized carbons (Fsp3) is 0.321. The molecule has 2 saturated heterocycles. The maximum atomic E-state index is 12.2. The number of aromatic nitrogens is 1. The largest absolute Gasteiger partial charge is 0.489 e. The number of likely N-dealkylation sites (tertiary alicyclic amines) is 1. The number of para-hydroxylation sites is 1. The van der Waals surface area contributed by atoms with Crippen LogP contribution >= 0.6 is 0 Å². The highest BCUT2D eigenvalue weighted by Crippen LogP contribution is 2.40. The molecule has 36 heavy (non-hydrogen) atoms. The van der Waals surface area contributed by atoms with Gasteiger partial charge in [-0.05, 0) is 54.5 Å². The lowest BCUT2D eigenvalue weighted by Gasteiger charge is -2.43. The van der Waals surface area contributed by atoms with Crippen LogP contribution in [-0.2, 0) is 38.6 Å². The number of hydrogen-bond donors (Lipinski definition) is 1. The first-order valence-corrected chi connectivity index (χ1v) is 12.1. The quantitative estimate of drug-likeness (QED) is 0.383. The van der Waals surface area contributed by atoms with E-state index in [4.69, 9.17) is 14.2 Å². The van der Waals surface area contributed by atoms with Crippen molar-refractivity contribution >= 4 is 11.9 Å². The van der Waals surface area contributed by atoms with Crippen LogP contribution in [0.15, 0.2) is 77.7 Å². The van der Waals surface area contributed by atoms with Crippen LogP contribution < -0.4 is 10.3 Å². The molecule has 3 aromatic rings. The third-order valence-electron chi connectivity index (χ3n) is 6.85. The van der Waals surface area contributed by atoms with Crippen LogP contribution in [0, 0.1) is 5.92 Å². The van der Waals surface area contributed by atoms with Crippen LogP contribution in [0.25, 0.3) is 0 Å². The predicted molar refractivity (Wildman–Crippen MR) is 131 cm³/mol. The average Bonchev–Trinajstić information content (AvgIpc) is 3.18. The Labute approximate surface area is 208 Å². The van der Waals surface area contributed by atoms with E-state index in [2.05, 4.69) is 17.1 Å². The third-order valence-corrected chi connectivity index (χ3v) is 6.85. The van der Waals surface area contributed by atoms with Crippen molar-refractivity contribution < 1.29 is 23.8 Å². The normalized spacial score (nSPS) is 19.2. The number of rotatable bonds is 8. The average molecular weight is 489 g/mol. The van der Waals surface area contributed by atoms with Gasteiger partial charge in [-0.15, -0.1) is 0 Å². The molecule has 8 heteroatoms. The van der Waals surface area contributed by atoms with Crippen LogP contribution in [0.1, 0.15) is 36.0 Å². The predicted octanol–water partition coefficient (Wildman–Crippen LogP) is 3.55. The van der Waals surface area contributed by atoms with Crippen molar-refractivity contribution in [3.8, 4) is 5.75 Å². The topological polar surface area (TPSA) is 97.9 Å². The van der Waals surface area contributed by atoms with E-state index in [0.29, 0.717) is 25.1 Å². The van der Waals surface area contributed by atoms with Gasteiger partial charge in [-0.25, -0.2) is 14.5 Å². The molecule has 2 aliphatic heterocycles. The number of hydrogen-bond acceptors (Lipinski definition) is 7. The number of aryl methyl sites for hydroxylation is 1. The minimum Gasteiger partial charge on any atom is -0.489 e. The monoisotopic (exact) mass is 488 g/mol. The van der Waals surface area contributed by atoms with E-state index in [0.717, 1.165) is 30.6 Å². The van der Waals surface area contributed by atoms with Gasteiger partial charge in [0.2, 0.25) is 0 Å². The second-order valence-corrected chi connectivity index (χ2v) is 9.21. The van der Waals surface area contributed by atoms with Crippen molar-refractivity contribution in [2.45, 2.75) is 44.7 Å². The summed E-state index contributed by atoms with van der Waals surface area (Å²) in [4.78, 5) is 40.7. The van der Waals surface area contributed by atoms with E-state index < -0.39 is 17.8 Å². The lowest BCUT2D eigenvalue weighted by Crippen LogP contribution is -2.55. The minimum atomic E-state index is -1.48. The summed E-state index contributed by atoms with van der Waals surface area (Å²) in [6.45, 7) is 1.21. The minimum absolute atomic E-state index is 0.164. The molecule has 3 heterocycles. The number of nitrogens with zero attached hydrogens (tertiary/aromatic N) is 1. The van der Waals surface area contributed by atoms with E-state index in [1.165, 1.54) is 5.56 Å². The Morgan fingerprint density at radius 2 is 1.58 bits per heavy atom. The molecule has 1 aromatic heterocycles. The summed E-state index contributed by atoms with van der Waals surface area (Å²) in [7, 11) is 0. The summed E-state index contributed by atoms with van der Waals surface area (Å²) in [6.07, 6.45) is 4.39. The highest BCUT2D eigenvalue weighted by atomic mass is 16.8. The van der Waals surface area contributed by atoms with Crippen LogP contribution in [-0.4, -0.2) is 34.3 Å². The Kier molecular flexibility index (Phi) is 6.86. The first kappa shape index (κ1) is 23.8. The number of pyridine rings is 1. The van der Waals surface area contributed by atoms with Crippen molar-refractivity contribution in [2.24, 2.45) is 5.92 Å². The zero-order valence-corrected chi connectivity index (χ0v) is 19.9. The molecule has 1 unspecified atom stereocenters. The van der Waals surface area contributed by atoms with E-state index in [1.54, 1.807) is 23.2 Å². The molecule has 1 N–H and O–H groups in total. The number of H-pyrrole nitrogens is 1. The second kappa shape index (κ2) is 10.4. The van der Waals surface area contributed by atoms with Crippen molar-refractivity contribution in [3.63, 3.8) is 0 Å². The molecule has 2 aliphatic rings. The number of benzene rings is 2. The Morgan fingerprint density at radius 3 is 2.33 bits per heavy atom. The van der Waals surface area contributed by atoms with E-state index in [9.17, 15) is 14.4 Å². The summed E-state index contributed by atoms with van der Waals surface area (Å²) in [5.74, 6) is -2.48. The first-order chi connectivity index (χ1) is 17.5. The fourth-order valence-electron chi connectivity index (χ4n) is 4.92. The molecular formula is C28H28N2O6. The molecule has 2 fully saturated rings. The number of piperidine rings is 1. The summed E-state index contributed by atoms with van der Waals surface area (Å²) in [6, 6.07) is 21.4. The van der Waals surface area contributed by atoms with Crippen LogP contribution in [0.4, 0.5) is 0 Å². The number of carbonyl (C=O) groups excluding carboxylic acids is 2. The fourth-order valence-corrected chi connectivity index (χ4v) is 4.92. The summed E-state index contributed by atoms with van der Waals surface area (Å²) < 4.78 is 17.0. The van der Waals surface area contributed by atoms with Crippen molar-refractivity contribution in [1.82, 2.24) is 9.88 Å². The SMILES string of the molecule is O=C1OC2(CC(CCc3ccccc3COc3ccccc3)CCN2Cc2ccc[nH]c2=O)OC1=O. The Morgan fingerprint density at radius 1 is 0.889 bits per heavy atom. The summed E-state index contributed by atoms with van der Waals surface area (Å²) in [5.41, 5.74) is 2.61. The lowest BCUT2D eigenvalue weighted by molar-refractivity contribution is -0.274. The highest BCUT2D eigenvalue weighted by Gasteiger charge is 2.55. The maximum Gasteiger partial charge on any atom is 0.421 e. The first-order valence-electron chi connectivity index (χ1n) is 12.1. The van der Waals surface area contributed by atoms with Gasteiger partial charge in [-0.3, -0.25) is 4.79 Å². The molecule has 1 spiro atoms. The van der Waals surface area contributed by atoms with Gasteiger partial charge in [0.25, 0.3) is 5.56 Å². The summed E-state index contributed by atoms with van der Waals surface area (Å²) >= 11 is 0. The second-order valence-electron chi connectivity index (χ2n) is 9.21. The highest BCUT2D eigenvalue weighted by molar-refractivity contribution is 6.31. The molecule has 0 amide bonds. The lowest BCUT2D eigenvalue weighted by atomic mass is 9.87. The smallest absolute Gasteiger partial charge is 0.421 e. The van der Waals surface area contributed by atoms with Gasteiger partial charge in [0.05, 0.1) is 0 Å². The van der Waals surface area contributed by atoms with Crippen LogP contribution in [0.3, 0.4) is 0 Å². The van der Waals surface area contributed by atoms with Crippen molar-refractivity contribution in [2.75, 3.05) is 6.54 Å². The van der Waals surface area contributed by atoms with Crippen LogP contribution in [0.5, 0.6) is 5.75 Å². The zero-order valence-electron chi connectivity index (χ0n) is 19.9. The number of ether oxygens (including phenoxy) is 3. The molecular weight excluding hydrogens is 460 g/mol. The van der Waals surface area contributed by atoms with E-state index >= 15 is 0 Å². The van der Waals surface area contributed by atoms with Gasteiger partial charge in [-0.1, -0.05) is 48.5 Å². The van der Waals surface area contributed by atoms with Gasteiger partial charge in [0.15, 0.2) is 0 Å². The molecule has 0 aliphatic carbocycles. The Hall–Kier alpha value is -3.91. The molecule has 0 saturated carbocycles. The number of esters is 2. The molecule has 0 radical (unpaired) electrons. The number of nitrogens with one attached hydrogen (secondary N) is 1. The maximum absolute atomic E-state index is 12.2. The molecule has 186 valence electrons. The molecule has 0 bridgehead atoms. The molecule has 5 rings (SSSR count). The van der Waals surface area contributed by atoms with Crippen molar-refractivity contribution in [3.05, 3.63) is 100.0 Å². The van der Waals surface area contributed by atoms with Crippen LogP contribution in [0.2, 0.25) is 0 Å². The standard InChI is InChI=1S/C28H28N2O6/c31-25-22(9-6-15-29-25)18-30-16-14-20(17-28(30)35-26(32)27(33)36-28)12-13-21-7-4-5-8-23(21)19-34-24-10-2-1-3-11-24/h1-11,15,20H,12-14,16-19H2,(H,29,31). The van der Waals surface area contributed by atoms with Gasteiger partial charge in [-0.2, -0.15) is 0 Å². The van der Waals surface area contributed by atoms with E-state index in [-0.39, 0.29) is 18.0 Å². The third kappa shape index (κ3) is 5.18. The van der Waals surface area contributed by atoms with Gasteiger partial charge < -0.3 is 19.2 Å². The molecule has 2 aromatic carbocycles. The van der Waals surface area contributed by atoms with E-state index in [1.807, 2.05) is 42.5 Å². The van der Waals surface area contributed by atoms with Gasteiger partial charge in [0.1, 0.15) is 12.4 Å². The summed E-state index contributed by atoms with van der Waals surface area (Å²) in [5, 5.41) is 0. The number of aromatic amines is 1. The van der Waals surface area contributed by atoms with Gasteiger partial charge >= 0.3 is 17.8 Å². The zero-order chi connectivity index (χ0) is 25.0. The molecule has 1 atom stereocenters. The molecule has 8 nitrogen and oxygen atoms in total. The van der Waals surface area contributed by atoms with Crippen molar-refractivity contribution in [1.29, 1.82) is 0 Å².